The molecule has 0 aromatic carbocycles. The Hall–Kier alpha value is -2.05. The van der Waals surface area contributed by atoms with Crippen molar-refractivity contribution in [2.24, 2.45) is 0 Å². The minimum atomic E-state index is 0.489. The molecule has 2 N–H and O–H groups in total. The van der Waals surface area contributed by atoms with Gasteiger partial charge in [-0.1, -0.05) is 0 Å². The number of nitrogens with zero attached hydrogens (tertiary/aromatic N) is 5. The molecular formula is C6H7N7. The zero-order valence-corrected chi connectivity index (χ0v) is 6.89. The number of hydrogen-bond donors (Lipinski definition) is 2. The molecule has 0 aliphatic rings. The minimum absolute atomic E-state index is 0.489. The van der Waals surface area contributed by atoms with Crippen molar-refractivity contribution in [3.63, 3.8) is 0 Å². The van der Waals surface area contributed by atoms with Crippen molar-refractivity contribution in [2.75, 3.05) is 12.4 Å². The molecule has 7 heteroatoms. The lowest BCUT2D eigenvalue weighted by molar-refractivity contribution is 0.881. The first kappa shape index (κ1) is 7.59. The SMILES string of the molecule is CNc1ncc(-c2nn[nH]n2)cn1. The Balaban J connectivity index is 2.33. The van der Waals surface area contributed by atoms with Crippen molar-refractivity contribution in [3.05, 3.63) is 12.4 Å². The Labute approximate surface area is 73.6 Å². The van der Waals surface area contributed by atoms with Gasteiger partial charge in [0.15, 0.2) is 0 Å². The molecule has 0 atom stereocenters. The molecule has 2 aromatic rings. The van der Waals surface area contributed by atoms with Crippen LogP contribution >= 0.6 is 0 Å². The van der Waals surface area contributed by atoms with Crippen LogP contribution in [-0.2, 0) is 0 Å². The van der Waals surface area contributed by atoms with Crippen molar-refractivity contribution in [3.8, 4) is 11.4 Å². The lowest BCUT2D eigenvalue weighted by Gasteiger charge is -1.96. The van der Waals surface area contributed by atoms with E-state index in [2.05, 4.69) is 35.9 Å². The van der Waals surface area contributed by atoms with Gasteiger partial charge in [0.1, 0.15) is 0 Å². The van der Waals surface area contributed by atoms with Crippen LogP contribution in [0.4, 0.5) is 5.95 Å². The second-order valence-corrected chi connectivity index (χ2v) is 2.28. The third kappa shape index (κ3) is 1.43. The first-order chi connectivity index (χ1) is 6.40. The van der Waals surface area contributed by atoms with Gasteiger partial charge in [-0.2, -0.15) is 5.21 Å². The fourth-order valence-corrected chi connectivity index (χ4v) is 0.857. The molecule has 0 aliphatic carbocycles. The van der Waals surface area contributed by atoms with Crippen LogP contribution in [0.1, 0.15) is 0 Å². The molecule has 0 radical (unpaired) electrons. The van der Waals surface area contributed by atoms with Gasteiger partial charge in [0, 0.05) is 19.4 Å². The first-order valence-electron chi connectivity index (χ1n) is 3.64. The molecule has 0 amide bonds. The second-order valence-electron chi connectivity index (χ2n) is 2.28. The fourth-order valence-electron chi connectivity index (χ4n) is 0.857. The molecule has 7 nitrogen and oxygen atoms in total. The summed E-state index contributed by atoms with van der Waals surface area (Å²) in [5.74, 6) is 1.05. The Morgan fingerprint density at radius 3 is 2.62 bits per heavy atom. The highest BCUT2D eigenvalue weighted by Gasteiger charge is 2.02. The van der Waals surface area contributed by atoms with Crippen LogP contribution in [0.15, 0.2) is 12.4 Å². The standard InChI is InChI=1S/C6H7N7/c1-7-6-8-2-4(3-9-6)5-10-12-13-11-5/h2-3H,1H3,(H,7,8,9)(H,10,11,12,13). The summed E-state index contributed by atoms with van der Waals surface area (Å²) >= 11 is 0. The maximum absolute atomic E-state index is 4.01. The molecule has 0 fully saturated rings. The summed E-state index contributed by atoms with van der Waals surface area (Å²) in [6.07, 6.45) is 3.26. The van der Waals surface area contributed by atoms with Crippen molar-refractivity contribution in [1.29, 1.82) is 0 Å². The highest BCUT2D eigenvalue weighted by atomic mass is 15.5. The normalized spacial score (nSPS) is 9.92. The summed E-state index contributed by atoms with van der Waals surface area (Å²) in [4.78, 5) is 8.02. The molecule has 13 heavy (non-hydrogen) atoms. The van der Waals surface area contributed by atoms with E-state index in [-0.39, 0.29) is 0 Å². The predicted octanol–water partition coefficient (Wildman–Crippen LogP) is -0.302. The van der Waals surface area contributed by atoms with E-state index in [0.29, 0.717) is 11.8 Å². The lowest BCUT2D eigenvalue weighted by atomic mass is 10.3. The van der Waals surface area contributed by atoms with Crippen LogP contribution in [0, 0.1) is 0 Å². The highest BCUT2D eigenvalue weighted by Crippen LogP contribution is 2.10. The molecule has 2 heterocycles. The average Bonchev–Trinajstić information content (AvgIpc) is 2.71. The quantitative estimate of drug-likeness (QED) is 0.654. The van der Waals surface area contributed by atoms with Crippen LogP contribution in [0.3, 0.4) is 0 Å². The van der Waals surface area contributed by atoms with Gasteiger partial charge in [0.05, 0.1) is 5.56 Å². The maximum Gasteiger partial charge on any atom is 0.222 e. The van der Waals surface area contributed by atoms with Crippen LogP contribution in [0.2, 0.25) is 0 Å². The summed E-state index contributed by atoms with van der Waals surface area (Å²) in [6.45, 7) is 0. The lowest BCUT2D eigenvalue weighted by Crippen LogP contribution is -1.95. The van der Waals surface area contributed by atoms with Crippen LogP contribution in [-0.4, -0.2) is 37.6 Å². The number of hydrogen-bond acceptors (Lipinski definition) is 6. The van der Waals surface area contributed by atoms with E-state index in [4.69, 9.17) is 0 Å². The van der Waals surface area contributed by atoms with Crippen molar-refractivity contribution < 1.29 is 0 Å². The molecule has 2 aromatic heterocycles. The summed E-state index contributed by atoms with van der Waals surface area (Å²) < 4.78 is 0. The van der Waals surface area contributed by atoms with Crippen LogP contribution in [0.5, 0.6) is 0 Å². The van der Waals surface area contributed by atoms with Crippen LogP contribution < -0.4 is 5.32 Å². The fraction of sp³-hybridized carbons (Fsp3) is 0.167. The van der Waals surface area contributed by atoms with Gasteiger partial charge in [0.25, 0.3) is 0 Å². The Morgan fingerprint density at radius 2 is 2.08 bits per heavy atom. The van der Waals surface area contributed by atoms with Crippen LogP contribution in [0.25, 0.3) is 11.4 Å². The Morgan fingerprint density at radius 1 is 1.31 bits per heavy atom. The van der Waals surface area contributed by atoms with Gasteiger partial charge in [-0.15, -0.1) is 10.2 Å². The number of rotatable bonds is 2. The first-order valence-corrected chi connectivity index (χ1v) is 3.64. The summed E-state index contributed by atoms with van der Waals surface area (Å²) in [6, 6.07) is 0. The molecule has 66 valence electrons. The van der Waals surface area contributed by atoms with Gasteiger partial charge in [-0.25, -0.2) is 9.97 Å². The molecule has 0 bridgehead atoms. The monoisotopic (exact) mass is 177 g/mol. The van der Waals surface area contributed by atoms with Crippen molar-refractivity contribution >= 4 is 5.95 Å². The third-order valence-corrected chi connectivity index (χ3v) is 1.48. The number of tetrazole rings is 1. The zero-order chi connectivity index (χ0) is 9.10. The molecule has 2 rings (SSSR count). The summed E-state index contributed by atoms with van der Waals surface area (Å²) in [5.41, 5.74) is 0.729. The zero-order valence-electron chi connectivity index (χ0n) is 6.89. The molecule has 0 saturated heterocycles. The number of nitrogens with one attached hydrogen (secondary N) is 2. The predicted molar refractivity (Wildman–Crippen MR) is 44.8 cm³/mol. The average molecular weight is 177 g/mol. The van der Waals surface area contributed by atoms with E-state index in [1.54, 1.807) is 19.4 Å². The third-order valence-electron chi connectivity index (χ3n) is 1.48. The number of anilines is 1. The van der Waals surface area contributed by atoms with Gasteiger partial charge < -0.3 is 5.32 Å². The van der Waals surface area contributed by atoms with Gasteiger partial charge in [0.2, 0.25) is 11.8 Å². The van der Waals surface area contributed by atoms with E-state index >= 15 is 0 Å². The van der Waals surface area contributed by atoms with E-state index in [0.717, 1.165) is 5.56 Å². The number of H-pyrrole nitrogens is 1. The number of aromatic amines is 1. The topological polar surface area (TPSA) is 92.3 Å². The van der Waals surface area contributed by atoms with Crippen molar-refractivity contribution in [1.82, 2.24) is 30.6 Å². The molecule has 0 spiro atoms. The second kappa shape index (κ2) is 3.13. The minimum Gasteiger partial charge on any atom is -0.357 e. The molecule has 0 unspecified atom stereocenters. The smallest absolute Gasteiger partial charge is 0.222 e. The Kier molecular flexibility index (Phi) is 1.83. The largest absolute Gasteiger partial charge is 0.357 e. The maximum atomic E-state index is 4.01. The number of aromatic nitrogens is 6. The molecular weight excluding hydrogens is 170 g/mol. The van der Waals surface area contributed by atoms with Crippen molar-refractivity contribution in [2.45, 2.75) is 0 Å². The molecule has 0 aliphatic heterocycles. The van der Waals surface area contributed by atoms with E-state index in [9.17, 15) is 0 Å². The van der Waals surface area contributed by atoms with Gasteiger partial charge in [-0.05, 0) is 5.21 Å². The van der Waals surface area contributed by atoms with Gasteiger partial charge >= 0.3 is 0 Å². The molecule has 0 saturated carbocycles. The summed E-state index contributed by atoms with van der Waals surface area (Å²) in [7, 11) is 1.75. The Bertz CT molecular complexity index is 364. The van der Waals surface area contributed by atoms with Gasteiger partial charge in [-0.3, -0.25) is 0 Å². The highest BCUT2D eigenvalue weighted by molar-refractivity contribution is 5.51. The van der Waals surface area contributed by atoms with E-state index in [1.165, 1.54) is 0 Å². The van der Waals surface area contributed by atoms with E-state index in [1.807, 2.05) is 0 Å². The van der Waals surface area contributed by atoms with E-state index < -0.39 is 0 Å². The summed E-state index contributed by atoms with van der Waals surface area (Å²) in [5, 5.41) is 16.2.